The summed E-state index contributed by atoms with van der Waals surface area (Å²) in [6.07, 6.45) is 0.568. The summed E-state index contributed by atoms with van der Waals surface area (Å²) >= 11 is 0. The molecule has 0 amide bonds. The van der Waals surface area contributed by atoms with Gasteiger partial charge in [-0.25, -0.2) is 4.39 Å². The molecule has 0 saturated heterocycles. The number of aromatic nitrogens is 2. The average Bonchev–Trinajstić information content (AvgIpc) is 3.10. The fourth-order valence-electron chi connectivity index (χ4n) is 2.08. The first-order valence-corrected chi connectivity index (χ1v) is 6.96. The number of hydrogen-bond donors (Lipinski definition) is 0. The Bertz CT molecular complexity index is 784. The van der Waals surface area contributed by atoms with Crippen molar-refractivity contribution >= 4 is 5.78 Å². The molecule has 2 aromatic carbocycles. The van der Waals surface area contributed by atoms with Crippen molar-refractivity contribution in [3.8, 4) is 17.2 Å². The van der Waals surface area contributed by atoms with Gasteiger partial charge in [0.2, 0.25) is 18.1 Å². The molecule has 3 aromatic rings. The average molecular weight is 312 g/mol. The van der Waals surface area contributed by atoms with Crippen LogP contribution in [0.2, 0.25) is 0 Å². The lowest BCUT2D eigenvalue weighted by atomic mass is 10.1. The Morgan fingerprint density at radius 2 is 1.83 bits per heavy atom. The third kappa shape index (κ3) is 3.42. The zero-order valence-corrected chi connectivity index (χ0v) is 12.3. The van der Waals surface area contributed by atoms with Gasteiger partial charge in [0.15, 0.2) is 6.10 Å². The summed E-state index contributed by atoms with van der Waals surface area (Å²) in [5.41, 5.74) is 1.16. The lowest BCUT2D eigenvalue weighted by Crippen LogP contribution is -2.23. The molecule has 0 bridgehead atoms. The molecule has 23 heavy (non-hydrogen) atoms. The number of benzene rings is 2. The van der Waals surface area contributed by atoms with Gasteiger partial charge in [-0.1, -0.05) is 0 Å². The van der Waals surface area contributed by atoms with E-state index in [9.17, 15) is 9.18 Å². The zero-order chi connectivity index (χ0) is 16.2. The van der Waals surface area contributed by atoms with E-state index in [0.29, 0.717) is 17.2 Å². The maximum absolute atomic E-state index is 12.9. The summed E-state index contributed by atoms with van der Waals surface area (Å²) < 4.78 is 23.6. The van der Waals surface area contributed by atoms with Gasteiger partial charge in [-0.15, -0.1) is 10.2 Å². The summed E-state index contributed by atoms with van der Waals surface area (Å²) in [6, 6.07) is 12.3. The van der Waals surface area contributed by atoms with E-state index in [1.54, 1.807) is 31.2 Å². The Balaban J connectivity index is 1.68. The van der Waals surface area contributed by atoms with Crippen LogP contribution in [0.15, 0.2) is 59.3 Å². The van der Waals surface area contributed by atoms with E-state index in [0.717, 1.165) is 5.56 Å². The quantitative estimate of drug-likeness (QED) is 0.674. The Labute approximate surface area is 131 Å². The Hall–Kier alpha value is -3.02. The Morgan fingerprint density at radius 3 is 2.43 bits per heavy atom. The molecule has 5 nitrogen and oxygen atoms in total. The van der Waals surface area contributed by atoms with Gasteiger partial charge in [0.25, 0.3) is 0 Å². The molecule has 0 spiro atoms. The molecule has 116 valence electrons. The van der Waals surface area contributed by atoms with Crippen molar-refractivity contribution in [3.05, 3.63) is 66.3 Å². The van der Waals surface area contributed by atoms with Crippen molar-refractivity contribution in [2.45, 2.75) is 13.0 Å². The number of ketones is 1. The van der Waals surface area contributed by atoms with Crippen molar-refractivity contribution < 1.29 is 18.3 Å². The van der Waals surface area contributed by atoms with Crippen LogP contribution in [0.3, 0.4) is 0 Å². The first-order chi connectivity index (χ1) is 11.1. The number of carbonyl (C=O) groups is 1. The second-order valence-corrected chi connectivity index (χ2v) is 4.90. The van der Waals surface area contributed by atoms with Gasteiger partial charge in [-0.3, -0.25) is 4.79 Å². The molecule has 0 aliphatic rings. The molecule has 0 aliphatic heterocycles. The highest BCUT2D eigenvalue weighted by molar-refractivity contribution is 5.99. The fraction of sp³-hybridized carbons (Fsp3) is 0.118. The SMILES string of the molecule is C[C@H](Oc1ccc(-c2nnco2)cc1)C(=O)c1ccc(F)cc1. The summed E-state index contributed by atoms with van der Waals surface area (Å²) in [4.78, 5) is 12.2. The van der Waals surface area contributed by atoms with Gasteiger partial charge >= 0.3 is 0 Å². The minimum Gasteiger partial charge on any atom is -0.483 e. The van der Waals surface area contributed by atoms with Gasteiger partial charge in [0.05, 0.1) is 0 Å². The fourth-order valence-corrected chi connectivity index (χ4v) is 2.08. The molecule has 0 radical (unpaired) electrons. The van der Waals surface area contributed by atoms with Gasteiger partial charge in [0.1, 0.15) is 11.6 Å². The molecule has 1 atom stereocenters. The number of rotatable bonds is 5. The monoisotopic (exact) mass is 312 g/mol. The van der Waals surface area contributed by atoms with Crippen LogP contribution in [0.4, 0.5) is 4.39 Å². The lowest BCUT2D eigenvalue weighted by Gasteiger charge is -2.14. The molecular weight excluding hydrogens is 299 g/mol. The molecule has 0 fully saturated rings. The van der Waals surface area contributed by atoms with Crippen LogP contribution in [-0.4, -0.2) is 22.1 Å². The second kappa shape index (κ2) is 6.39. The highest BCUT2D eigenvalue weighted by Crippen LogP contribution is 2.21. The third-order valence-electron chi connectivity index (χ3n) is 3.27. The van der Waals surface area contributed by atoms with Crippen LogP contribution >= 0.6 is 0 Å². The van der Waals surface area contributed by atoms with E-state index in [-0.39, 0.29) is 11.6 Å². The van der Waals surface area contributed by atoms with Gasteiger partial charge in [0, 0.05) is 11.1 Å². The lowest BCUT2D eigenvalue weighted by molar-refractivity contribution is 0.0818. The van der Waals surface area contributed by atoms with Gasteiger partial charge < -0.3 is 9.15 Å². The van der Waals surface area contributed by atoms with Crippen LogP contribution in [0.25, 0.3) is 11.5 Å². The van der Waals surface area contributed by atoms with Crippen LogP contribution in [0, 0.1) is 5.82 Å². The topological polar surface area (TPSA) is 65.2 Å². The van der Waals surface area contributed by atoms with Crippen LogP contribution in [-0.2, 0) is 0 Å². The first kappa shape index (κ1) is 14.9. The maximum atomic E-state index is 12.9. The summed E-state index contributed by atoms with van der Waals surface area (Å²) in [6.45, 7) is 1.65. The Morgan fingerprint density at radius 1 is 1.13 bits per heavy atom. The van der Waals surface area contributed by atoms with Crippen molar-refractivity contribution in [3.63, 3.8) is 0 Å². The first-order valence-electron chi connectivity index (χ1n) is 6.96. The normalized spacial score (nSPS) is 11.9. The summed E-state index contributed by atoms with van der Waals surface area (Å²) in [5.74, 6) is 0.348. The number of Topliss-reactive ketones (excluding diaryl/α,β-unsaturated/α-hetero) is 1. The van der Waals surface area contributed by atoms with Gasteiger partial charge in [-0.05, 0) is 55.5 Å². The highest BCUT2D eigenvalue weighted by atomic mass is 19.1. The minimum atomic E-state index is -0.685. The molecule has 1 heterocycles. The molecule has 0 aliphatic carbocycles. The predicted octanol–water partition coefficient (Wildman–Crippen LogP) is 3.53. The number of hydrogen-bond acceptors (Lipinski definition) is 5. The van der Waals surface area contributed by atoms with E-state index >= 15 is 0 Å². The smallest absolute Gasteiger partial charge is 0.247 e. The molecule has 3 rings (SSSR count). The molecular formula is C17H13FN2O3. The maximum Gasteiger partial charge on any atom is 0.247 e. The van der Waals surface area contributed by atoms with E-state index in [1.165, 1.54) is 30.7 Å². The van der Waals surface area contributed by atoms with E-state index in [2.05, 4.69) is 10.2 Å². The number of nitrogens with zero attached hydrogens (tertiary/aromatic N) is 2. The molecule has 0 unspecified atom stereocenters. The Kier molecular flexibility index (Phi) is 4.14. The molecule has 0 saturated carbocycles. The highest BCUT2D eigenvalue weighted by Gasteiger charge is 2.17. The van der Waals surface area contributed by atoms with Crippen LogP contribution in [0.1, 0.15) is 17.3 Å². The molecule has 0 N–H and O–H groups in total. The van der Waals surface area contributed by atoms with Crippen LogP contribution < -0.4 is 4.74 Å². The minimum absolute atomic E-state index is 0.217. The van der Waals surface area contributed by atoms with Gasteiger partial charge in [-0.2, -0.15) is 0 Å². The molecule has 6 heteroatoms. The van der Waals surface area contributed by atoms with E-state index in [4.69, 9.17) is 9.15 Å². The van der Waals surface area contributed by atoms with Crippen molar-refractivity contribution in [2.24, 2.45) is 0 Å². The van der Waals surface area contributed by atoms with Crippen molar-refractivity contribution in [2.75, 3.05) is 0 Å². The zero-order valence-electron chi connectivity index (χ0n) is 12.3. The third-order valence-corrected chi connectivity index (χ3v) is 3.27. The number of carbonyl (C=O) groups excluding carboxylic acids is 1. The standard InChI is InChI=1S/C17H13FN2O3/c1-11(16(21)12-2-6-14(18)7-3-12)23-15-8-4-13(5-9-15)17-20-19-10-22-17/h2-11H,1H3/t11-/m0/s1. The van der Waals surface area contributed by atoms with E-state index < -0.39 is 6.10 Å². The number of ether oxygens (including phenoxy) is 1. The van der Waals surface area contributed by atoms with E-state index in [1.807, 2.05) is 0 Å². The largest absolute Gasteiger partial charge is 0.483 e. The van der Waals surface area contributed by atoms with Crippen molar-refractivity contribution in [1.82, 2.24) is 10.2 Å². The summed E-state index contributed by atoms with van der Waals surface area (Å²) in [5, 5.41) is 7.42. The predicted molar refractivity (Wildman–Crippen MR) is 80.6 cm³/mol. The van der Waals surface area contributed by atoms with Crippen molar-refractivity contribution in [1.29, 1.82) is 0 Å². The second-order valence-electron chi connectivity index (χ2n) is 4.90. The summed E-state index contributed by atoms with van der Waals surface area (Å²) in [7, 11) is 0. The van der Waals surface area contributed by atoms with Crippen LogP contribution in [0.5, 0.6) is 5.75 Å². The molecule has 1 aromatic heterocycles. The number of halogens is 1.